The number of aliphatic carboxylic acids is 1. The third-order valence-electron chi connectivity index (χ3n) is 4.77. The molecular weight excluding hydrogens is 490 g/mol. The second-order valence-electron chi connectivity index (χ2n) is 10.6. The van der Waals surface area contributed by atoms with E-state index in [0.29, 0.717) is 11.1 Å². The molecule has 0 aliphatic rings. The highest BCUT2D eigenvalue weighted by molar-refractivity contribution is 6.17. The summed E-state index contributed by atoms with van der Waals surface area (Å²) in [5.41, 5.74) is -0.0209. The smallest absolute Gasteiger partial charge is 0.408 e. The Morgan fingerprint density at radius 2 is 1.34 bits per heavy atom. The van der Waals surface area contributed by atoms with E-state index < -0.39 is 41.2 Å². The van der Waals surface area contributed by atoms with E-state index in [0.717, 1.165) is 5.56 Å². The number of hydrogen-bond acceptors (Lipinski definition) is 7. The normalized spacial score (nSPS) is 12.1. The minimum absolute atomic E-state index is 0.00917. The predicted octanol–water partition coefficient (Wildman–Crippen LogP) is 4.68. The summed E-state index contributed by atoms with van der Waals surface area (Å²) in [4.78, 5) is 49.3. The molecule has 2 aromatic carbocycles. The van der Waals surface area contributed by atoms with Gasteiger partial charge in [0.15, 0.2) is 0 Å². The van der Waals surface area contributed by atoms with Gasteiger partial charge in [-0.2, -0.15) is 0 Å². The molecule has 1 atom stereocenters. The summed E-state index contributed by atoms with van der Waals surface area (Å²) < 4.78 is 15.9. The van der Waals surface area contributed by atoms with Crippen molar-refractivity contribution in [2.24, 2.45) is 0 Å². The minimum atomic E-state index is -1.22. The molecule has 0 heterocycles. The van der Waals surface area contributed by atoms with Crippen molar-refractivity contribution in [1.82, 2.24) is 5.32 Å². The zero-order chi connectivity index (χ0) is 28.5. The van der Waals surface area contributed by atoms with Gasteiger partial charge in [0.2, 0.25) is 0 Å². The molecule has 0 bridgehead atoms. The van der Waals surface area contributed by atoms with Crippen LogP contribution >= 0.6 is 0 Å². The fraction of sp³-hybridized carbons (Fsp3) is 0.379. The van der Waals surface area contributed by atoms with Gasteiger partial charge in [0.1, 0.15) is 29.4 Å². The largest absolute Gasteiger partial charge is 0.480 e. The molecule has 204 valence electrons. The van der Waals surface area contributed by atoms with Gasteiger partial charge in [0.25, 0.3) is 0 Å². The second kappa shape index (κ2) is 12.9. The zero-order valence-electron chi connectivity index (χ0n) is 22.6. The van der Waals surface area contributed by atoms with Crippen LogP contribution in [-0.4, -0.2) is 46.4 Å². The van der Waals surface area contributed by atoms with Crippen LogP contribution in [-0.2, 0) is 41.6 Å². The summed E-state index contributed by atoms with van der Waals surface area (Å²) in [5, 5.41) is 11.9. The average Bonchev–Trinajstić information content (AvgIpc) is 2.80. The Kier molecular flexibility index (Phi) is 10.2. The first-order chi connectivity index (χ1) is 17.6. The van der Waals surface area contributed by atoms with Crippen molar-refractivity contribution in [3.63, 3.8) is 0 Å². The molecular formula is C29H35NO8. The summed E-state index contributed by atoms with van der Waals surface area (Å²) >= 11 is 0. The quantitative estimate of drug-likeness (QED) is 0.159. The van der Waals surface area contributed by atoms with Crippen LogP contribution in [0.1, 0.15) is 58.2 Å². The number of carbonyl (C=O) groups excluding carboxylic acids is 3. The fourth-order valence-electron chi connectivity index (χ4n) is 3.13. The molecule has 1 amide bonds. The summed E-state index contributed by atoms with van der Waals surface area (Å²) in [7, 11) is 0. The van der Waals surface area contributed by atoms with E-state index in [1.54, 1.807) is 90.1 Å². The highest BCUT2D eigenvalue weighted by atomic mass is 16.6. The predicted molar refractivity (Wildman–Crippen MR) is 141 cm³/mol. The Balaban J connectivity index is 2.14. The number of amides is 1. The van der Waals surface area contributed by atoms with Crippen molar-refractivity contribution in [2.45, 2.75) is 71.8 Å². The van der Waals surface area contributed by atoms with Gasteiger partial charge in [0.05, 0.1) is 0 Å². The maximum absolute atomic E-state index is 12.7. The Morgan fingerprint density at radius 1 is 0.816 bits per heavy atom. The van der Waals surface area contributed by atoms with Crippen LogP contribution in [0.3, 0.4) is 0 Å². The first-order valence-electron chi connectivity index (χ1n) is 12.1. The topological polar surface area (TPSA) is 128 Å². The molecule has 2 N–H and O–H groups in total. The van der Waals surface area contributed by atoms with Crippen molar-refractivity contribution < 1.29 is 38.5 Å². The van der Waals surface area contributed by atoms with Gasteiger partial charge < -0.3 is 24.6 Å². The number of hydrogen-bond donors (Lipinski definition) is 2. The molecule has 0 saturated heterocycles. The number of rotatable bonds is 9. The van der Waals surface area contributed by atoms with Crippen LogP contribution in [0.15, 0.2) is 60.2 Å². The van der Waals surface area contributed by atoms with Crippen LogP contribution in [0.4, 0.5) is 4.79 Å². The third kappa shape index (κ3) is 10.9. The number of nitrogens with one attached hydrogen (secondary N) is 1. The molecule has 9 nitrogen and oxygen atoms in total. The maximum Gasteiger partial charge on any atom is 0.408 e. The van der Waals surface area contributed by atoms with E-state index in [9.17, 15) is 24.3 Å². The van der Waals surface area contributed by atoms with Gasteiger partial charge in [-0.25, -0.2) is 19.2 Å². The lowest BCUT2D eigenvalue weighted by Gasteiger charge is -2.23. The van der Waals surface area contributed by atoms with Gasteiger partial charge in [-0.3, -0.25) is 0 Å². The molecule has 0 spiro atoms. The number of alkyl carbamates (subject to hydrolysis) is 1. The SMILES string of the molecule is CC(C)(C)OC(=O)C(=Cc1ccc(C[C@H](NC(=O)OCc2ccccc2)C(=O)O)cc1)C(=O)OC(C)(C)C. The van der Waals surface area contributed by atoms with Crippen LogP contribution in [0.5, 0.6) is 0 Å². The van der Waals surface area contributed by atoms with Crippen LogP contribution in [0.2, 0.25) is 0 Å². The Bertz CT molecular complexity index is 1130. The number of ether oxygens (including phenoxy) is 3. The van der Waals surface area contributed by atoms with E-state index in [1.807, 2.05) is 6.07 Å². The number of carboxylic acid groups (broad SMARTS) is 1. The fourth-order valence-corrected chi connectivity index (χ4v) is 3.13. The Morgan fingerprint density at radius 3 is 1.82 bits per heavy atom. The van der Waals surface area contributed by atoms with Crippen molar-refractivity contribution >= 4 is 30.1 Å². The van der Waals surface area contributed by atoms with Gasteiger partial charge in [0, 0.05) is 6.42 Å². The van der Waals surface area contributed by atoms with Crippen molar-refractivity contribution in [3.8, 4) is 0 Å². The number of carbonyl (C=O) groups is 4. The van der Waals surface area contributed by atoms with Crippen molar-refractivity contribution in [3.05, 3.63) is 76.9 Å². The van der Waals surface area contributed by atoms with E-state index >= 15 is 0 Å². The molecule has 2 rings (SSSR count). The van der Waals surface area contributed by atoms with E-state index in [-0.39, 0.29) is 18.6 Å². The van der Waals surface area contributed by atoms with Gasteiger partial charge in [-0.15, -0.1) is 0 Å². The second-order valence-corrected chi connectivity index (χ2v) is 10.6. The van der Waals surface area contributed by atoms with Crippen molar-refractivity contribution in [2.75, 3.05) is 0 Å². The summed E-state index contributed by atoms with van der Waals surface area (Å²) in [6.07, 6.45) is 0.505. The Labute approximate surface area is 222 Å². The molecule has 38 heavy (non-hydrogen) atoms. The minimum Gasteiger partial charge on any atom is -0.480 e. The van der Waals surface area contributed by atoms with Crippen LogP contribution in [0, 0.1) is 0 Å². The lowest BCUT2D eigenvalue weighted by atomic mass is 10.0. The molecule has 0 aliphatic carbocycles. The first-order valence-corrected chi connectivity index (χ1v) is 12.1. The van der Waals surface area contributed by atoms with E-state index in [4.69, 9.17) is 14.2 Å². The van der Waals surface area contributed by atoms with E-state index in [1.165, 1.54) is 6.08 Å². The molecule has 0 unspecified atom stereocenters. The lowest BCUT2D eigenvalue weighted by molar-refractivity contribution is -0.158. The molecule has 0 aromatic heterocycles. The van der Waals surface area contributed by atoms with E-state index in [2.05, 4.69) is 5.32 Å². The lowest BCUT2D eigenvalue weighted by Crippen LogP contribution is -2.42. The molecule has 0 aliphatic heterocycles. The van der Waals surface area contributed by atoms with Gasteiger partial charge in [-0.1, -0.05) is 54.6 Å². The standard InChI is InChI=1S/C29H35NO8/c1-28(2,3)37-25(33)22(26(34)38-29(4,5)6)16-19-12-14-20(15-13-19)17-23(24(31)32)30-27(35)36-18-21-10-8-7-9-11-21/h7-16,23H,17-18H2,1-6H3,(H,30,35)(H,31,32)/t23-/m0/s1. The number of carboxylic acids is 1. The summed E-state index contributed by atoms with van der Waals surface area (Å²) in [6.45, 7) is 10.2. The molecule has 0 saturated carbocycles. The van der Waals surface area contributed by atoms with Crippen LogP contribution < -0.4 is 5.32 Å². The molecule has 9 heteroatoms. The highest BCUT2D eigenvalue weighted by Crippen LogP contribution is 2.19. The third-order valence-corrected chi connectivity index (χ3v) is 4.77. The van der Waals surface area contributed by atoms with Gasteiger partial charge in [-0.05, 0) is 64.3 Å². The van der Waals surface area contributed by atoms with Crippen LogP contribution in [0.25, 0.3) is 6.08 Å². The zero-order valence-corrected chi connectivity index (χ0v) is 22.6. The molecule has 0 radical (unpaired) electrons. The molecule has 0 fully saturated rings. The summed E-state index contributed by atoms with van der Waals surface area (Å²) in [6, 6.07) is 14.3. The van der Waals surface area contributed by atoms with Crippen molar-refractivity contribution in [1.29, 1.82) is 0 Å². The number of esters is 2. The van der Waals surface area contributed by atoms with Gasteiger partial charge >= 0.3 is 24.0 Å². The molecule has 2 aromatic rings. The maximum atomic E-state index is 12.7. The first kappa shape index (κ1) is 30.1. The average molecular weight is 526 g/mol. The summed E-state index contributed by atoms with van der Waals surface area (Å²) in [5.74, 6) is -2.86. The number of benzene rings is 2. The monoisotopic (exact) mass is 525 g/mol. The highest BCUT2D eigenvalue weighted by Gasteiger charge is 2.29. The Hall–Kier alpha value is -4.14.